The number of rotatable bonds is 5. The van der Waals surface area contributed by atoms with Gasteiger partial charge in [0.05, 0.1) is 13.7 Å². The lowest BCUT2D eigenvalue weighted by molar-refractivity contribution is 0.0599. The highest BCUT2D eigenvalue weighted by molar-refractivity contribution is 5.90. The van der Waals surface area contributed by atoms with E-state index < -0.39 is 0 Å². The summed E-state index contributed by atoms with van der Waals surface area (Å²) in [4.78, 5) is 13.9. The van der Waals surface area contributed by atoms with Gasteiger partial charge in [-0.3, -0.25) is 4.90 Å². The minimum Gasteiger partial charge on any atom is -0.465 e. The van der Waals surface area contributed by atoms with Crippen LogP contribution in [0.5, 0.6) is 0 Å². The van der Waals surface area contributed by atoms with Crippen LogP contribution in [0.2, 0.25) is 0 Å². The van der Waals surface area contributed by atoms with Gasteiger partial charge in [0.1, 0.15) is 17.1 Å². The maximum absolute atomic E-state index is 11.6. The van der Waals surface area contributed by atoms with Gasteiger partial charge in [-0.15, -0.1) is 0 Å². The second-order valence-corrected chi connectivity index (χ2v) is 5.94. The molecule has 0 radical (unpaired) electrons. The second-order valence-electron chi connectivity index (χ2n) is 5.94. The van der Waals surface area contributed by atoms with Gasteiger partial charge in [0.2, 0.25) is 0 Å². The molecule has 0 aromatic carbocycles. The van der Waals surface area contributed by atoms with E-state index in [1.54, 1.807) is 13.0 Å². The van der Waals surface area contributed by atoms with E-state index in [-0.39, 0.29) is 5.97 Å². The topological polar surface area (TPSA) is 68.7 Å². The Morgan fingerprint density at radius 3 is 2.86 bits per heavy atom. The lowest BCUT2D eigenvalue weighted by atomic mass is 9.83. The molecule has 0 saturated heterocycles. The molecule has 2 rings (SSSR count). The number of hydrogen-bond acceptors (Lipinski definition) is 5. The Morgan fingerprint density at radius 2 is 2.19 bits per heavy atom. The number of hydrogen-bond donors (Lipinski definition) is 1. The summed E-state index contributed by atoms with van der Waals surface area (Å²) in [5.41, 5.74) is 6.41. The Balaban J connectivity index is 2.05. The lowest BCUT2D eigenvalue weighted by Gasteiger charge is -2.37. The highest BCUT2D eigenvalue weighted by atomic mass is 16.5. The Kier molecular flexibility index (Phi) is 5.42. The summed E-state index contributed by atoms with van der Waals surface area (Å²) in [5, 5.41) is 0. The predicted octanol–water partition coefficient (Wildman–Crippen LogP) is 2.32. The molecule has 0 aliphatic heterocycles. The van der Waals surface area contributed by atoms with Crippen LogP contribution in [0.15, 0.2) is 10.5 Å². The minimum atomic E-state index is -0.345. The average molecular weight is 294 g/mol. The number of furan rings is 1. The maximum Gasteiger partial charge on any atom is 0.341 e. The van der Waals surface area contributed by atoms with E-state index in [0.717, 1.165) is 12.3 Å². The molecule has 118 valence electrons. The highest BCUT2D eigenvalue weighted by Crippen LogP contribution is 2.28. The molecule has 2 atom stereocenters. The summed E-state index contributed by atoms with van der Waals surface area (Å²) >= 11 is 0. The van der Waals surface area contributed by atoms with Crippen molar-refractivity contribution in [2.45, 2.75) is 45.2 Å². The molecule has 2 unspecified atom stereocenters. The molecule has 1 aliphatic carbocycles. The number of nitrogens with two attached hydrogens (primary N) is 1. The first kappa shape index (κ1) is 16.0. The first-order valence-electron chi connectivity index (χ1n) is 7.64. The Hall–Kier alpha value is -1.33. The van der Waals surface area contributed by atoms with Crippen molar-refractivity contribution in [3.8, 4) is 0 Å². The average Bonchev–Trinajstić information content (AvgIpc) is 2.86. The Labute approximate surface area is 126 Å². The largest absolute Gasteiger partial charge is 0.465 e. The van der Waals surface area contributed by atoms with Gasteiger partial charge >= 0.3 is 5.97 Å². The van der Waals surface area contributed by atoms with Gasteiger partial charge in [-0.2, -0.15) is 0 Å². The van der Waals surface area contributed by atoms with Crippen molar-refractivity contribution in [1.82, 2.24) is 4.90 Å². The van der Waals surface area contributed by atoms with Crippen molar-refractivity contribution in [1.29, 1.82) is 0 Å². The van der Waals surface area contributed by atoms with Crippen molar-refractivity contribution in [3.05, 3.63) is 23.2 Å². The molecule has 21 heavy (non-hydrogen) atoms. The predicted molar refractivity (Wildman–Crippen MR) is 81.1 cm³/mol. The highest BCUT2D eigenvalue weighted by Gasteiger charge is 2.28. The third kappa shape index (κ3) is 3.66. The third-order valence-corrected chi connectivity index (χ3v) is 4.52. The molecule has 2 N–H and O–H groups in total. The first-order chi connectivity index (χ1) is 10.1. The zero-order chi connectivity index (χ0) is 15.4. The molecule has 0 amide bonds. The molecule has 1 heterocycles. The summed E-state index contributed by atoms with van der Waals surface area (Å²) in [6, 6.07) is 2.29. The second kappa shape index (κ2) is 7.09. The van der Waals surface area contributed by atoms with Crippen molar-refractivity contribution in [2.24, 2.45) is 11.7 Å². The quantitative estimate of drug-likeness (QED) is 0.844. The van der Waals surface area contributed by atoms with Gasteiger partial charge in [0, 0.05) is 6.04 Å². The van der Waals surface area contributed by atoms with Gasteiger partial charge in [-0.05, 0) is 45.3 Å². The fourth-order valence-electron chi connectivity index (χ4n) is 3.34. The van der Waals surface area contributed by atoms with Gasteiger partial charge < -0.3 is 14.9 Å². The summed E-state index contributed by atoms with van der Waals surface area (Å²) < 4.78 is 10.5. The Morgan fingerprint density at radius 1 is 1.48 bits per heavy atom. The van der Waals surface area contributed by atoms with E-state index >= 15 is 0 Å². The number of methoxy groups -OCH3 is 1. The number of carbonyl (C=O) groups is 1. The summed E-state index contributed by atoms with van der Waals surface area (Å²) in [7, 11) is 3.49. The number of esters is 1. The molecule has 0 spiro atoms. The molecule has 0 bridgehead atoms. The van der Waals surface area contributed by atoms with E-state index in [9.17, 15) is 4.79 Å². The molecular weight excluding hydrogens is 268 g/mol. The van der Waals surface area contributed by atoms with E-state index in [2.05, 4.69) is 11.9 Å². The summed E-state index contributed by atoms with van der Waals surface area (Å²) in [6.07, 6.45) is 4.92. The normalized spacial score (nSPS) is 22.5. The van der Waals surface area contributed by atoms with E-state index in [1.807, 2.05) is 0 Å². The number of nitrogens with zero attached hydrogens (tertiary/aromatic N) is 1. The molecule has 5 nitrogen and oxygen atoms in total. The van der Waals surface area contributed by atoms with Crippen LogP contribution in [0.4, 0.5) is 0 Å². The fourth-order valence-corrected chi connectivity index (χ4v) is 3.34. The molecule has 1 fully saturated rings. The van der Waals surface area contributed by atoms with Crippen LogP contribution in [-0.2, 0) is 11.3 Å². The maximum atomic E-state index is 11.6. The van der Waals surface area contributed by atoms with Crippen LogP contribution in [0.3, 0.4) is 0 Å². The number of aryl methyl sites for hydroxylation is 1. The minimum absolute atomic E-state index is 0.345. The van der Waals surface area contributed by atoms with E-state index in [0.29, 0.717) is 29.8 Å². The van der Waals surface area contributed by atoms with E-state index in [1.165, 1.54) is 32.8 Å². The van der Waals surface area contributed by atoms with Crippen LogP contribution in [0, 0.1) is 12.8 Å². The SMILES string of the molecule is COC(=O)c1cc(CN(C)C2CCCCC2CN)oc1C. The molecule has 1 aromatic heterocycles. The number of carbonyl (C=O) groups excluding carboxylic acids is 1. The first-order valence-corrected chi connectivity index (χ1v) is 7.64. The van der Waals surface area contributed by atoms with Crippen molar-refractivity contribution < 1.29 is 13.9 Å². The molecule has 1 saturated carbocycles. The van der Waals surface area contributed by atoms with Crippen molar-refractivity contribution >= 4 is 5.97 Å². The Bertz CT molecular complexity index is 484. The lowest BCUT2D eigenvalue weighted by Crippen LogP contribution is -2.42. The van der Waals surface area contributed by atoms with Gasteiger partial charge in [-0.25, -0.2) is 4.79 Å². The van der Waals surface area contributed by atoms with Crippen molar-refractivity contribution in [3.63, 3.8) is 0 Å². The third-order valence-electron chi connectivity index (χ3n) is 4.52. The molecular formula is C16H26N2O3. The van der Waals surface area contributed by atoms with E-state index in [4.69, 9.17) is 14.9 Å². The van der Waals surface area contributed by atoms with Gasteiger partial charge in [0.25, 0.3) is 0 Å². The van der Waals surface area contributed by atoms with Gasteiger partial charge in [0.15, 0.2) is 0 Å². The number of ether oxygens (including phenoxy) is 1. The summed E-state index contributed by atoms with van der Waals surface area (Å²) in [6.45, 7) is 3.22. The van der Waals surface area contributed by atoms with Crippen LogP contribution < -0.4 is 5.73 Å². The van der Waals surface area contributed by atoms with Crippen LogP contribution in [0.25, 0.3) is 0 Å². The van der Waals surface area contributed by atoms with Crippen molar-refractivity contribution in [2.75, 3.05) is 20.7 Å². The zero-order valence-electron chi connectivity index (χ0n) is 13.2. The standard InChI is InChI=1S/C16H26N2O3/c1-11-14(16(19)20-3)8-13(21-11)10-18(2)15-7-5-4-6-12(15)9-17/h8,12,15H,4-7,9-10,17H2,1-3H3. The zero-order valence-corrected chi connectivity index (χ0v) is 13.2. The van der Waals surface area contributed by atoms with Gasteiger partial charge in [-0.1, -0.05) is 12.8 Å². The fraction of sp³-hybridized carbons (Fsp3) is 0.688. The van der Waals surface area contributed by atoms with Crippen LogP contribution in [-0.4, -0.2) is 37.6 Å². The van der Waals surface area contributed by atoms with Crippen LogP contribution in [0.1, 0.15) is 47.6 Å². The molecule has 1 aromatic rings. The smallest absolute Gasteiger partial charge is 0.341 e. The summed E-state index contributed by atoms with van der Waals surface area (Å²) in [5.74, 6) is 1.63. The van der Waals surface area contributed by atoms with Crippen LogP contribution >= 0.6 is 0 Å². The molecule has 1 aliphatic rings. The molecule has 5 heteroatoms. The monoisotopic (exact) mass is 294 g/mol.